The molecule has 0 aromatic heterocycles. The summed E-state index contributed by atoms with van der Waals surface area (Å²) in [6.45, 7) is -0.478. The summed E-state index contributed by atoms with van der Waals surface area (Å²) in [5.74, 6) is -2.63. The number of hydrogen-bond donors (Lipinski definition) is 1. The Morgan fingerprint density at radius 1 is 1.13 bits per heavy atom. The van der Waals surface area contributed by atoms with Crippen molar-refractivity contribution in [2.45, 2.75) is 25.0 Å². The summed E-state index contributed by atoms with van der Waals surface area (Å²) in [4.78, 5) is 25.9. The fourth-order valence-electron chi connectivity index (χ4n) is 3.81. The van der Waals surface area contributed by atoms with Gasteiger partial charge in [0.25, 0.3) is 5.91 Å². The molecule has 4 rings (SSSR count). The molecule has 0 spiro atoms. The van der Waals surface area contributed by atoms with E-state index in [-0.39, 0.29) is 23.9 Å². The first-order valence-corrected chi connectivity index (χ1v) is 9.79. The van der Waals surface area contributed by atoms with E-state index >= 15 is 0 Å². The summed E-state index contributed by atoms with van der Waals surface area (Å²) in [5.41, 5.74) is 1.44. The van der Waals surface area contributed by atoms with Crippen LogP contribution in [-0.2, 0) is 14.3 Å². The summed E-state index contributed by atoms with van der Waals surface area (Å²) in [7, 11) is 0. The number of carbonyl (C=O) groups excluding carboxylic acids is 1. The third-order valence-electron chi connectivity index (χ3n) is 5.41. The van der Waals surface area contributed by atoms with Gasteiger partial charge in [-0.25, -0.2) is 13.6 Å². The number of rotatable bonds is 7. The molecule has 2 aromatic rings. The van der Waals surface area contributed by atoms with Gasteiger partial charge in [-0.15, -0.1) is 0 Å². The van der Waals surface area contributed by atoms with Gasteiger partial charge in [-0.2, -0.15) is 0 Å². The van der Waals surface area contributed by atoms with E-state index in [1.54, 1.807) is 11.0 Å². The Morgan fingerprint density at radius 3 is 2.53 bits per heavy atom. The van der Waals surface area contributed by atoms with Crippen LogP contribution in [0.1, 0.15) is 30.0 Å². The fourth-order valence-corrected chi connectivity index (χ4v) is 3.81. The van der Waals surface area contributed by atoms with E-state index in [0.717, 1.165) is 36.6 Å². The highest BCUT2D eigenvalue weighted by molar-refractivity contribution is 5.87. The van der Waals surface area contributed by atoms with Crippen LogP contribution in [0.3, 0.4) is 0 Å². The quantitative estimate of drug-likeness (QED) is 0.750. The summed E-state index contributed by atoms with van der Waals surface area (Å²) < 4.78 is 33.6. The smallest absolute Gasteiger partial charge is 0.329 e. The van der Waals surface area contributed by atoms with Gasteiger partial charge in [0.2, 0.25) is 0 Å². The van der Waals surface area contributed by atoms with Crippen LogP contribution >= 0.6 is 0 Å². The number of aliphatic carboxylic acids is 1. The third-order valence-corrected chi connectivity index (χ3v) is 5.41. The molecule has 1 aliphatic heterocycles. The second-order valence-electron chi connectivity index (χ2n) is 7.60. The Kier molecular flexibility index (Phi) is 5.63. The molecule has 0 radical (unpaired) electrons. The molecule has 1 saturated carbocycles. The standard InChI is InChI=1S/C23H21F2NO4/c24-17-8-9-19(25)18(11-17)16-10-20(14-4-2-1-3-5-14)26(12-16)23(29)22(15-6-7-15)30-13-21(27)28/h1-5,8-11,15,20,22H,6-7,12-13H2,(H,27,28)/t20-,22-/m0/s1. The van der Waals surface area contributed by atoms with Crippen molar-refractivity contribution in [1.29, 1.82) is 0 Å². The molecular weight excluding hydrogens is 392 g/mol. The molecule has 1 amide bonds. The lowest BCUT2D eigenvalue weighted by molar-refractivity contribution is -0.153. The van der Waals surface area contributed by atoms with E-state index < -0.39 is 36.4 Å². The van der Waals surface area contributed by atoms with E-state index in [0.29, 0.717) is 5.57 Å². The van der Waals surface area contributed by atoms with Crippen LogP contribution in [0.15, 0.2) is 54.6 Å². The van der Waals surface area contributed by atoms with Gasteiger partial charge in [-0.05, 0) is 48.1 Å². The van der Waals surface area contributed by atoms with E-state index in [1.807, 2.05) is 30.3 Å². The van der Waals surface area contributed by atoms with Crippen molar-refractivity contribution < 1.29 is 28.2 Å². The molecule has 1 heterocycles. The molecule has 156 valence electrons. The summed E-state index contributed by atoms with van der Waals surface area (Å²) in [5, 5.41) is 8.95. The summed E-state index contributed by atoms with van der Waals surface area (Å²) in [6.07, 6.45) is 2.47. The highest BCUT2D eigenvalue weighted by atomic mass is 19.1. The molecule has 30 heavy (non-hydrogen) atoms. The SMILES string of the molecule is O=C(O)CO[C@H](C(=O)N1CC(c2cc(F)ccc2F)=C[C@H]1c1ccccc1)C1CC1. The molecule has 2 aliphatic rings. The van der Waals surface area contributed by atoms with Crippen molar-refractivity contribution in [3.05, 3.63) is 77.4 Å². The second kappa shape index (κ2) is 8.36. The first-order valence-electron chi connectivity index (χ1n) is 9.79. The molecule has 0 bridgehead atoms. The highest BCUT2D eigenvalue weighted by Crippen LogP contribution is 2.40. The molecule has 1 fully saturated rings. The Bertz CT molecular complexity index is 988. The maximum absolute atomic E-state index is 14.4. The largest absolute Gasteiger partial charge is 0.480 e. The lowest BCUT2D eigenvalue weighted by Crippen LogP contribution is -2.42. The van der Waals surface area contributed by atoms with Gasteiger partial charge in [0.1, 0.15) is 24.3 Å². The van der Waals surface area contributed by atoms with Gasteiger partial charge in [0.15, 0.2) is 0 Å². The van der Waals surface area contributed by atoms with Gasteiger partial charge < -0.3 is 14.7 Å². The van der Waals surface area contributed by atoms with Gasteiger partial charge >= 0.3 is 5.97 Å². The zero-order valence-corrected chi connectivity index (χ0v) is 16.1. The minimum absolute atomic E-state index is 0.0248. The number of hydrogen-bond acceptors (Lipinski definition) is 3. The van der Waals surface area contributed by atoms with Crippen molar-refractivity contribution in [1.82, 2.24) is 4.90 Å². The van der Waals surface area contributed by atoms with Crippen molar-refractivity contribution in [3.8, 4) is 0 Å². The average molecular weight is 413 g/mol. The molecule has 0 saturated heterocycles. The molecule has 7 heteroatoms. The van der Waals surface area contributed by atoms with Crippen LogP contribution in [-0.4, -0.2) is 41.1 Å². The predicted molar refractivity (Wildman–Crippen MR) is 105 cm³/mol. The molecule has 0 unspecified atom stereocenters. The minimum Gasteiger partial charge on any atom is -0.480 e. The molecule has 1 aliphatic carbocycles. The van der Waals surface area contributed by atoms with E-state index in [9.17, 15) is 18.4 Å². The van der Waals surface area contributed by atoms with E-state index in [1.165, 1.54) is 0 Å². The Balaban J connectivity index is 1.66. The minimum atomic E-state index is -1.14. The zero-order valence-electron chi connectivity index (χ0n) is 16.1. The van der Waals surface area contributed by atoms with E-state index in [2.05, 4.69) is 0 Å². The lowest BCUT2D eigenvalue weighted by atomic mass is 10.0. The zero-order chi connectivity index (χ0) is 21.3. The number of ether oxygens (including phenoxy) is 1. The molecule has 1 N–H and O–H groups in total. The Labute approximate surface area is 172 Å². The van der Waals surface area contributed by atoms with Crippen molar-refractivity contribution >= 4 is 17.4 Å². The maximum atomic E-state index is 14.4. The lowest BCUT2D eigenvalue weighted by Gasteiger charge is -2.29. The van der Waals surface area contributed by atoms with Crippen molar-refractivity contribution in [3.63, 3.8) is 0 Å². The number of carboxylic acids is 1. The second-order valence-corrected chi connectivity index (χ2v) is 7.60. The van der Waals surface area contributed by atoms with Gasteiger partial charge in [0.05, 0.1) is 6.04 Å². The maximum Gasteiger partial charge on any atom is 0.329 e. The topological polar surface area (TPSA) is 66.8 Å². The van der Waals surface area contributed by atoms with Crippen LogP contribution in [0.5, 0.6) is 0 Å². The predicted octanol–water partition coefficient (Wildman–Crippen LogP) is 3.81. The number of benzene rings is 2. The molecular formula is C23H21F2NO4. The molecule has 5 nitrogen and oxygen atoms in total. The van der Waals surface area contributed by atoms with Crippen LogP contribution < -0.4 is 0 Å². The van der Waals surface area contributed by atoms with Crippen molar-refractivity contribution in [2.24, 2.45) is 5.92 Å². The molecule has 2 atom stereocenters. The third kappa shape index (κ3) is 4.26. The number of carboxylic acid groups (broad SMARTS) is 1. The number of amides is 1. The highest BCUT2D eigenvalue weighted by Gasteiger charge is 2.43. The van der Waals surface area contributed by atoms with Crippen LogP contribution in [0.2, 0.25) is 0 Å². The van der Waals surface area contributed by atoms with Crippen LogP contribution in [0, 0.1) is 17.6 Å². The van der Waals surface area contributed by atoms with Gasteiger partial charge in [-0.3, -0.25) is 4.79 Å². The Morgan fingerprint density at radius 2 is 1.87 bits per heavy atom. The first kappa shape index (κ1) is 20.2. The summed E-state index contributed by atoms with van der Waals surface area (Å²) >= 11 is 0. The molecule has 2 aromatic carbocycles. The van der Waals surface area contributed by atoms with Gasteiger partial charge in [-0.1, -0.05) is 36.4 Å². The fraction of sp³-hybridized carbons (Fsp3) is 0.304. The monoisotopic (exact) mass is 413 g/mol. The average Bonchev–Trinajstić information content (AvgIpc) is 3.47. The van der Waals surface area contributed by atoms with Crippen LogP contribution in [0.25, 0.3) is 5.57 Å². The summed E-state index contributed by atoms with van der Waals surface area (Å²) in [6, 6.07) is 12.0. The van der Waals surface area contributed by atoms with Crippen molar-refractivity contribution in [2.75, 3.05) is 13.2 Å². The number of halogens is 2. The number of nitrogens with zero attached hydrogens (tertiary/aromatic N) is 1. The Hall–Kier alpha value is -3.06. The van der Waals surface area contributed by atoms with Gasteiger partial charge in [0, 0.05) is 12.1 Å². The van der Waals surface area contributed by atoms with E-state index in [4.69, 9.17) is 9.84 Å². The normalized spacial score (nSPS) is 19.5. The first-order chi connectivity index (χ1) is 14.4. The number of carbonyl (C=O) groups is 2. The van der Waals surface area contributed by atoms with Crippen LogP contribution in [0.4, 0.5) is 8.78 Å².